The molecule has 3 rings (SSSR count). The number of carbonyl (C=O) groups is 1. The van der Waals surface area contributed by atoms with Crippen LogP contribution in [0.3, 0.4) is 0 Å². The van der Waals surface area contributed by atoms with Crippen molar-refractivity contribution in [2.24, 2.45) is 0 Å². The highest BCUT2D eigenvalue weighted by Gasteiger charge is 2.57. The van der Waals surface area contributed by atoms with E-state index >= 15 is 0 Å². The van der Waals surface area contributed by atoms with Crippen LogP contribution in [-0.2, 0) is 4.79 Å². The van der Waals surface area contributed by atoms with Crippen molar-refractivity contribution in [3.63, 3.8) is 0 Å². The number of nitrogens with zero attached hydrogens (tertiary/aromatic N) is 2. The molecule has 3 aliphatic rings. The summed E-state index contributed by atoms with van der Waals surface area (Å²) < 4.78 is 0. The van der Waals surface area contributed by atoms with Crippen LogP contribution in [0.1, 0.15) is 25.7 Å². The maximum Gasteiger partial charge on any atom is 0.239 e. The number of hydrogen-bond donors (Lipinski definition) is 1. The second-order valence-electron chi connectivity index (χ2n) is 4.81. The summed E-state index contributed by atoms with van der Waals surface area (Å²) in [6.07, 6.45) is 4.25. The molecule has 0 radical (unpaired) electrons. The van der Waals surface area contributed by atoms with Crippen LogP contribution >= 0.6 is 0 Å². The van der Waals surface area contributed by atoms with Crippen molar-refractivity contribution in [2.45, 2.75) is 37.3 Å². The minimum Gasteiger partial charge on any atom is -0.315 e. The van der Waals surface area contributed by atoms with E-state index < -0.39 is 0 Å². The lowest BCUT2D eigenvalue weighted by molar-refractivity contribution is -0.141. The van der Waals surface area contributed by atoms with Gasteiger partial charge in [0.15, 0.2) is 0 Å². The summed E-state index contributed by atoms with van der Waals surface area (Å²) in [6, 6.07) is 0.410. The third-order valence-corrected chi connectivity index (χ3v) is 3.95. The molecule has 78 valence electrons. The van der Waals surface area contributed by atoms with E-state index in [0.717, 1.165) is 25.9 Å². The van der Waals surface area contributed by atoms with Crippen LogP contribution in [0.2, 0.25) is 0 Å². The topological polar surface area (TPSA) is 35.6 Å². The first kappa shape index (κ1) is 8.68. The molecule has 1 spiro atoms. The van der Waals surface area contributed by atoms with Crippen molar-refractivity contribution in [1.29, 1.82) is 0 Å². The van der Waals surface area contributed by atoms with Crippen molar-refractivity contribution in [3.05, 3.63) is 0 Å². The quantitative estimate of drug-likeness (QED) is 0.637. The normalized spacial score (nSPS) is 35.9. The van der Waals surface area contributed by atoms with Crippen LogP contribution < -0.4 is 5.32 Å². The van der Waals surface area contributed by atoms with Gasteiger partial charge in [-0.3, -0.25) is 9.80 Å². The van der Waals surface area contributed by atoms with Crippen molar-refractivity contribution in [2.75, 3.05) is 20.1 Å². The van der Waals surface area contributed by atoms with Gasteiger partial charge in [-0.2, -0.15) is 0 Å². The third kappa shape index (κ3) is 1.04. The molecule has 1 unspecified atom stereocenters. The van der Waals surface area contributed by atoms with E-state index in [-0.39, 0.29) is 5.54 Å². The highest BCUT2D eigenvalue weighted by atomic mass is 16.2. The average Bonchev–Trinajstić information content (AvgIpc) is 2.65. The molecule has 0 aromatic heterocycles. The summed E-state index contributed by atoms with van der Waals surface area (Å²) in [5, 5.41) is 7.54. The van der Waals surface area contributed by atoms with Crippen LogP contribution in [0.4, 0.5) is 0 Å². The molecular weight excluding hydrogens is 178 g/mol. The van der Waals surface area contributed by atoms with Crippen LogP contribution in [0.25, 0.3) is 0 Å². The molecule has 4 heteroatoms. The SMILES string of the molecule is CN1N(C2CCNC2)C(=O)CC12CC2. The largest absolute Gasteiger partial charge is 0.315 e. The lowest BCUT2D eigenvalue weighted by atomic mass is 10.2. The predicted molar refractivity (Wildman–Crippen MR) is 52.5 cm³/mol. The second kappa shape index (κ2) is 2.70. The molecular formula is C10H17N3O. The zero-order valence-corrected chi connectivity index (χ0v) is 8.62. The van der Waals surface area contributed by atoms with Crippen molar-refractivity contribution >= 4 is 5.91 Å². The molecule has 1 N–H and O–H groups in total. The molecule has 2 aliphatic heterocycles. The smallest absolute Gasteiger partial charge is 0.239 e. The molecule has 1 aliphatic carbocycles. The van der Waals surface area contributed by atoms with Crippen molar-refractivity contribution < 1.29 is 4.79 Å². The Balaban J connectivity index is 1.81. The molecule has 0 aromatic rings. The first-order valence-corrected chi connectivity index (χ1v) is 5.49. The first-order valence-electron chi connectivity index (χ1n) is 5.49. The molecule has 2 heterocycles. The number of carbonyl (C=O) groups excluding carboxylic acids is 1. The minimum absolute atomic E-state index is 0.236. The van der Waals surface area contributed by atoms with E-state index in [1.54, 1.807) is 0 Å². The summed E-state index contributed by atoms with van der Waals surface area (Å²) in [5.74, 6) is 0.332. The maximum absolute atomic E-state index is 11.9. The van der Waals surface area contributed by atoms with Crippen LogP contribution in [0.15, 0.2) is 0 Å². The van der Waals surface area contributed by atoms with Gasteiger partial charge in [-0.25, -0.2) is 5.01 Å². The maximum atomic E-state index is 11.9. The molecule has 1 amide bonds. The Morgan fingerprint density at radius 1 is 1.50 bits per heavy atom. The van der Waals surface area contributed by atoms with E-state index in [9.17, 15) is 4.79 Å². The van der Waals surface area contributed by atoms with Gasteiger partial charge in [-0.1, -0.05) is 0 Å². The first-order chi connectivity index (χ1) is 6.73. The van der Waals surface area contributed by atoms with Crippen LogP contribution in [0, 0.1) is 0 Å². The molecule has 4 nitrogen and oxygen atoms in total. The van der Waals surface area contributed by atoms with Gasteiger partial charge in [0.05, 0.1) is 6.04 Å². The molecule has 1 atom stereocenters. The second-order valence-corrected chi connectivity index (χ2v) is 4.81. The molecule has 14 heavy (non-hydrogen) atoms. The van der Waals surface area contributed by atoms with Gasteiger partial charge in [-0.15, -0.1) is 0 Å². The third-order valence-electron chi connectivity index (χ3n) is 3.95. The zero-order chi connectivity index (χ0) is 9.76. The standard InChI is InChI=1S/C10H17N3O/c1-12-10(3-4-10)6-9(14)13(12)8-2-5-11-7-8/h8,11H,2-7H2,1H3. The molecule has 2 saturated heterocycles. The monoisotopic (exact) mass is 195 g/mol. The van der Waals surface area contributed by atoms with Crippen LogP contribution in [-0.4, -0.2) is 47.6 Å². The Bertz CT molecular complexity index is 269. The van der Waals surface area contributed by atoms with Gasteiger partial charge >= 0.3 is 0 Å². The van der Waals surface area contributed by atoms with E-state index in [4.69, 9.17) is 0 Å². The Hall–Kier alpha value is -0.610. The van der Waals surface area contributed by atoms with Gasteiger partial charge in [0.2, 0.25) is 5.91 Å². The molecule has 0 aromatic carbocycles. The molecule has 0 bridgehead atoms. The summed E-state index contributed by atoms with van der Waals surface area (Å²) in [5.41, 5.74) is 0.236. The summed E-state index contributed by atoms with van der Waals surface area (Å²) in [7, 11) is 2.08. The van der Waals surface area contributed by atoms with Gasteiger partial charge in [0, 0.05) is 25.6 Å². The Labute approximate surface area is 84.2 Å². The summed E-state index contributed by atoms with van der Waals surface area (Å²) in [4.78, 5) is 11.9. The Kier molecular flexibility index (Phi) is 1.67. The van der Waals surface area contributed by atoms with E-state index in [2.05, 4.69) is 17.4 Å². The van der Waals surface area contributed by atoms with E-state index in [1.807, 2.05) is 5.01 Å². The Morgan fingerprint density at radius 2 is 2.29 bits per heavy atom. The summed E-state index contributed by atoms with van der Waals surface area (Å²) in [6.45, 7) is 2.02. The number of hydrazine groups is 1. The number of hydrogen-bond acceptors (Lipinski definition) is 3. The predicted octanol–water partition coefficient (Wildman–Crippen LogP) is -0.0400. The van der Waals surface area contributed by atoms with Crippen molar-refractivity contribution in [1.82, 2.24) is 15.3 Å². The fourth-order valence-electron chi connectivity index (χ4n) is 2.81. The minimum atomic E-state index is 0.236. The highest BCUT2D eigenvalue weighted by Crippen LogP contribution is 2.49. The fourth-order valence-corrected chi connectivity index (χ4v) is 2.81. The van der Waals surface area contributed by atoms with Gasteiger partial charge in [0.1, 0.15) is 0 Å². The van der Waals surface area contributed by atoms with Crippen molar-refractivity contribution in [3.8, 4) is 0 Å². The zero-order valence-electron chi connectivity index (χ0n) is 8.62. The fraction of sp³-hybridized carbons (Fsp3) is 0.900. The van der Waals surface area contributed by atoms with E-state index in [0.29, 0.717) is 11.9 Å². The Morgan fingerprint density at radius 3 is 2.79 bits per heavy atom. The van der Waals surface area contributed by atoms with Gasteiger partial charge in [-0.05, 0) is 25.8 Å². The van der Waals surface area contributed by atoms with Crippen LogP contribution in [0.5, 0.6) is 0 Å². The van der Waals surface area contributed by atoms with Gasteiger partial charge < -0.3 is 5.32 Å². The average molecular weight is 195 g/mol. The lowest BCUT2D eigenvalue weighted by Crippen LogP contribution is -2.47. The molecule has 1 saturated carbocycles. The number of nitrogens with one attached hydrogen (secondary N) is 1. The van der Waals surface area contributed by atoms with E-state index in [1.165, 1.54) is 12.8 Å². The lowest BCUT2D eigenvalue weighted by Gasteiger charge is -2.32. The summed E-state index contributed by atoms with van der Waals surface area (Å²) >= 11 is 0. The number of amides is 1. The molecule has 3 fully saturated rings. The number of rotatable bonds is 1. The highest BCUT2D eigenvalue weighted by molar-refractivity contribution is 5.80. The van der Waals surface area contributed by atoms with Gasteiger partial charge in [0.25, 0.3) is 0 Å².